The maximum Gasteiger partial charge on any atom is 0.353 e. The predicted octanol–water partition coefficient (Wildman–Crippen LogP) is 0.0632. The van der Waals surface area contributed by atoms with Gasteiger partial charge in [-0.05, 0) is 21.4 Å². The average molecular weight is 230 g/mol. The summed E-state index contributed by atoms with van der Waals surface area (Å²) in [5.74, 6) is -0.804. The Hall–Kier alpha value is -0.905. The highest BCUT2D eigenvalue weighted by Gasteiger charge is 2.16. The molecule has 0 atom stereocenters. The molecular formula is C6H5BBrNO3. The van der Waals surface area contributed by atoms with E-state index in [-0.39, 0.29) is 21.5 Å². The first-order valence-electron chi connectivity index (χ1n) is 3.02. The zero-order valence-corrected chi connectivity index (χ0v) is 7.81. The molecule has 1 aromatic rings. The third kappa shape index (κ3) is 1.34. The second-order valence-corrected chi connectivity index (χ2v) is 2.86. The normalized spacial score (nSPS) is 9.83. The van der Waals surface area contributed by atoms with Crippen LogP contribution in [0.25, 0.3) is 0 Å². The summed E-state index contributed by atoms with van der Waals surface area (Å²) in [7, 11) is 6.67. The van der Waals surface area contributed by atoms with Crippen molar-refractivity contribution in [2.45, 2.75) is 0 Å². The number of aromatic amines is 1. The van der Waals surface area contributed by atoms with Crippen LogP contribution < -0.4 is 5.46 Å². The number of carbonyl (C=O) groups excluding carboxylic acids is 1. The Kier molecular flexibility index (Phi) is 2.47. The van der Waals surface area contributed by atoms with Gasteiger partial charge in [-0.2, -0.15) is 0 Å². The molecule has 2 N–H and O–H groups in total. The molecule has 1 rings (SSSR count). The Morgan fingerprint density at radius 1 is 1.75 bits per heavy atom. The maximum absolute atomic E-state index is 10.9. The highest BCUT2D eigenvalue weighted by atomic mass is 79.9. The first kappa shape index (κ1) is 9.19. The van der Waals surface area contributed by atoms with Crippen molar-refractivity contribution in [3.05, 3.63) is 10.2 Å². The smallest absolute Gasteiger partial charge is 0.353 e. The van der Waals surface area contributed by atoms with Gasteiger partial charge in [-0.25, -0.2) is 4.79 Å². The number of hydrogen-bond donors (Lipinski definition) is 2. The molecule has 0 spiro atoms. The van der Waals surface area contributed by atoms with Gasteiger partial charge in [0.05, 0.1) is 11.6 Å². The molecule has 4 nitrogen and oxygen atoms in total. The fraction of sp³-hybridized carbons (Fsp3) is 0.167. The summed E-state index contributed by atoms with van der Waals surface area (Å²) in [6.45, 7) is 0. The number of aromatic nitrogens is 1. The van der Waals surface area contributed by atoms with Gasteiger partial charge in [0.1, 0.15) is 13.5 Å². The number of carbonyl (C=O) groups is 1. The van der Waals surface area contributed by atoms with Crippen LogP contribution in [-0.4, -0.2) is 31.0 Å². The second kappa shape index (κ2) is 3.22. The zero-order chi connectivity index (χ0) is 9.30. The molecule has 2 radical (unpaired) electrons. The van der Waals surface area contributed by atoms with Crippen LogP contribution in [-0.2, 0) is 4.74 Å². The van der Waals surface area contributed by atoms with Crippen LogP contribution in [0.1, 0.15) is 10.5 Å². The number of esters is 1. The topological polar surface area (TPSA) is 62.3 Å². The predicted molar refractivity (Wildman–Crippen MR) is 46.9 cm³/mol. The summed E-state index contributed by atoms with van der Waals surface area (Å²) in [4.78, 5) is 13.3. The van der Waals surface area contributed by atoms with E-state index in [2.05, 4.69) is 25.7 Å². The molecule has 0 saturated heterocycles. The van der Waals surface area contributed by atoms with Gasteiger partial charge in [-0.1, -0.05) is 0 Å². The van der Waals surface area contributed by atoms with Crippen molar-refractivity contribution in [2.24, 2.45) is 0 Å². The molecule has 0 fully saturated rings. The van der Waals surface area contributed by atoms with Crippen molar-refractivity contribution in [1.29, 1.82) is 0 Å². The minimum atomic E-state index is -0.617. The van der Waals surface area contributed by atoms with E-state index in [9.17, 15) is 4.79 Å². The van der Waals surface area contributed by atoms with Crippen molar-refractivity contribution < 1.29 is 14.6 Å². The van der Waals surface area contributed by atoms with Crippen molar-refractivity contribution in [2.75, 3.05) is 7.11 Å². The standard InChI is InChI=1S/C6H5BBrNO3/c1-12-6(11)4-2(7)3(8)5(10)9-4/h9-10H,1H3. The van der Waals surface area contributed by atoms with E-state index in [0.29, 0.717) is 0 Å². The lowest BCUT2D eigenvalue weighted by atomic mass is 9.96. The highest BCUT2D eigenvalue weighted by molar-refractivity contribution is 9.10. The summed E-state index contributed by atoms with van der Waals surface area (Å²) < 4.78 is 4.67. The minimum Gasteiger partial charge on any atom is -0.494 e. The van der Waals surface area contributed by atoms with E-state index in [4.69, 9.17) is 13.0 Å². The summed E-state index contributed by atoms with van der Waals surface area (Å²) in [6.07, 6.45) is 0. The molecule has 0 saturated carbocycles. The van der Waals surface area contributed by atoms with Crippen molar-refractivity contribution >= 4 is 35.2 Å². The molecule has 1 heterocycles. The summed E-state index contributed by atoms with van der Waals surface area (Å²) in [5.41, 5.74) is 0.182. The average Bonchev–Trinajstić information content (AvgIpc) is 2.32. The Morgan fingerprint density at radius 3 is 2.67 bits per heavy atom. The van der Waals surface area contributed by atoms with Gasteiger partial charge in [-0.3, -0.25) is 0 Å². The van der Waals surface area contributed by atoms with Crippen LogP contribution in [0.15, 0.2) is 4.47 Å². The second-order valence-electron chi connectivity index (χ2n) is 2.07. The van der Waals surface area contributed by atoms with Gasteiger partial charge >= 0.3 is 5.97 Å². The monoisotopic (exact) mass is 229 g/mol. The molecule has 0 aliphatic rings. The van der Waals surface area contributed by atoms with Gasteiger partial charge in [0, 0.05) is 0 Å². The van der Waals surface area contributed by atoms with Gasteiger partial charge in [0.2, 0.25) is 5.88 Å². The molecule has 0 aliphatic carbocycles. The minimum absolute atomic E-state index is 0.0434. The molecule has 0 unspecified atom stereocenters. The lowest BCUT2D eigenvalue weighted by molar-refractivity contribution is 0.0595. The fourth-order valence-corrected chi connectivity index (χ4v) is 1.04. The van der Waals surface area contributed by atoms with Crippen molar-refractivity contribution in [1.82, 2.24) is 4.98 Å². The number of rotatable bonds is 1. The van der Waals surface area contributed by atoms with Gasteiger partial charge in [0.25, 0.3) is 0 Å². The van der Waals surface area contributed by atoms with Crippen LogP contribution in [0, 0.1) is 0 Å². The van der Waals surface area contributed by atoms with Crippen molar-refractivity contribution in [3.63, 3.8) is 0 Å². The number of methoxy groups -OCH3 is 1. The Labute approximate surface area is 78.5 Å². The largest absolute Gasteiger partial charge is 0.494 e. The molecule has 6 heteroatoms. The number of halogens is 1. The number of ether oxygens (including phenoxy) is 1. The fourth-order valence-electron chi connectivity index (χ4n) is 0.741. The van der Waals surface area contributed by atoms with E-state index >= 15 is 0 Å². The van der Waals surface area contributed by atoms with Gasteiger partial charge in [0.15, 0.2) is 0 Å². The van der Waals surface area contributed by atoms with Gasteiger partial charge < -0.3 is 14.8 Å². The van der Waals surface area contributed by atoms with Gasteiger partial charge in [-0.15, -0.1) is 0 Å². The Bertz CT molecular complexity index is 323. The SMILES string of the molecule is [B]c1c(C(=O)OC)[nH]c(O)c1Br. The number of H-pyrrole nitrogens is 1. The Balaban J connectivity index is 3.17. The first-order valence-corrected chi connectivity index (χ1v) is 3.81. The van der Waals surface area contributed by atoms with E-state index < -0.39 is 5.97 Å². The molecule has 0 aromatic carbocycles. The van der Waals surface area contributed by atoms with E-state index in [1.165, 1.54) is 7.11 Å². The molecule has 0 aliphatic heterocycles. The van der Waals surface area contributed by atoms with Crippen LogP contribution in [0.3, 0.4) is 0 Å². The lowest BCUT2D eigenvalue weighted by Crippen LogP contribution is -2.15. The summed E-state index contributed by atoms with van der Waals surface area (Å²) in [6, 6.07) is 0. The third-order valence-corrected chi connectivity index (χ3v) is 2.15. The van der Waals surface area contributed by atoms with E-state index in [1.807, 2.05) is 0 Å². The third-order valence-electron chi connectivity index (χ3n) is 1.35. The van der Waals surface area contributed by atoms with Crippen molar-refractivity contribution in [3.8, 4) is 5.88 Å². The summed E-state index contributed by atoms with van der Waals surface area (Å²) in [5, 5.41) is 9.08. The quantitative estimate of drug-likeness (QED) is 0.529. The lowest BCUT2D eigenvalue weighted by Gasteiger charge is -1.95. The first-order chi connectivity index (χ1) is 5.57. The maximum atomic E-state index is 10.9. The molecule has 1 aromatic heterocycles. The van der Waals surface area contributed by atoms with Crippen LogP contribution in [0.5, 0.6) is 5.88 Å². The number of nitrogens with one attached hydrogen (secondary N) is 1. The molecule has 0 bridgehead atoms. The molecule has 62 valence electrons. The Morgan fingerprint density at radius 2 is 2.33 bits per heavy atom. The van der Waals surface area contributed by atoms with Crippen LogP contribution in [0.4, 0.5) is 0 Å². The number of hydrogen-bond acceptors (Lipinski definition) is 3. The highest BCUT2D eigenvalue weighted by Crippen LogP contribution is 2.20. The van der Waals surface area contributed by atoms with Crippen LogP contribution in [0.2, 0.25) is 0 Å². The molecule has 0 amide bonds. The number of aromatic hydroxyl groups is 1. The molecule has 12 heavy (non-hydrogen) atoms. The zero-order valence-electron chi connectivity index (χ0n) is 6.22. The van der Waals surface area contributed by atoms with E-state index in [1.54, 1.807) is 0 Å². The molecular weight excluding hydrogens is 225 g/mol. The summed E-state index contributed by atoms with van der Waals surface area (Å²) >= 11 is 2.98. The van der Waals surface area contributed by atoms with Crippen LogP contribution >= 0.6 is 15.9 Å². The van der Waals surface area contributed by atoms with E-state index in [0.717, 1.165) is 0 Å².